The molecule has 0 radical (unpaired) electrons. The fourth-order valence-electron chi connectivity index (χ4n) is 4.08. The molecular formula is C33H25Cl2F4N3O3S. The van der Waals surface area contributed by atoms with Crippen molar-refractivity contribution in [2.24, 2.45) is 0 Å². The second kappa shape index (κ2) is 15.3. The van der Waals surface area contributed by atoms with Crippen LogP contribution in [0.3, 0.4) is 0 Å². The summed E-state index contributed by atoms with van der Waals surface area (Å²) in [6, 6.07) is 21.2. The predicted octanol–water partition coefficient (Wildman–Crippen LogP) is 9.07. The number of hydrogen-bond acceptors (Lipinski definition) is 4. The van der Waals surface area contributed by atoms with E-state index >= 15 is 0 Å². The monoisotopic (exact) mass is 689 g/mol. The predicted molar refractivity (Wildman–Crippen MR) is 173 cm³/mol. The number of carbonyl (C=O) groups is 3. The van der Waals surface area contributed by atoms with Gasteiger partial charge in [0.05, 0.1) is 26.5 Å². The van der Waals surface area contributed by atoms with Crippen LogP contribution < -0.4 is 16.0 Å². The summed E-state index contributed by atoms with van der Waals surface area (Å²) in [6.07, 6.45) is -3.18. The average Bonchev–Trinajstić information content (AvgIpc) is 3.02. The molecule has 3 N–H and O–H groups in total. The molecule has 3 amide bonds. The van der Waals surface area contributed by atoms with Crippen molar-refractivity contribution in [3.05, 3.63) is 129 Å². The van der Waals surface area contributed by atoms with E-state index < -0.39 is 40.5 Å². The second-order valence-electron chi connectivity index (χ2n) is 9.69. The van der Waals surface area contributed by atoms with Crippen LogP contribution in [0, 0.1) is 5.82 Å². The van der Waals surface area contributed by atoms with Gasteiger partial charge in [-0.05, 0) is 73.2 Å². The lowest BCUT2D eigenvalue weighted by atomic mass is 10.1. The van der Waals surface area contributed by atoms with Crippen LogP contribution in [0.25, 0.3) is 6.08 Å². The highest BCUT2D eigenvalue weighted by molar-refractivity contribution is 8.00. The molecule has 1 unspecified atom stereocenters. The van der Waals surface area contributed by atoms with Crippen LogP contribution in [-0.2, 0) is 15.8 Å². The number of benzene rings is 4. The number of carbonyl (C=O) groups excluding carboxylic acids is 3. The first-order valence-corrected chi connectivity index (χ1v) is 15.3. The first-order valence-electron chi connectivity index (χ1n) is 13.6. The molecule has 0 aromatic heterocycles. The van der Waals surface area contributed by atoms with Gasteiger partial charge in [-0.2, -0.15) is 13.2 Å². The third kappa shape index (κ3) is 9.12. The van der Waals surface area contributed by atoms with Gasteiger partial charge in [-0.25, -0.2) is 4.39 Å². The Morgan fingerprint density at radius 3 is 2.26 bits per heavy atom. The molecule has 0 saturated heterocycles. The molecule has 0 saturated carbocycles. The summed E-state index contributed by atoms with van der Waals surface area (Å²) in [6.45, 7) is 1.73. The number of halogens is 6. The Balaban J connectivity index is 1.53. The maximum Gasteiger partial charge on any atom is 0.416 e. The number of amides is 3. The minimum Gasteiger partial charge on any atom is -0.324 e. The Labute approximate surface area is 276 Å². The Morgan fingerprint density at radius 2 is 1.59 bits per heavy atom. The number of hydrogen-bond donors (Lipinski definition) is 3. The Bertz CT molecular complexity index is 1770. The molecule has 0 aliphatic heterocycles. The van der Waals surface area contributed by atoms with E-state index in [2.05, 4.69) is 16.0 Å². The zero-order valence-corrected chi connectivity index (χ0v) is 26.3. The highest BCUT2D eigenvalue weighted by Crippen LogP contribution is 2.35. The summed E-state index contributed by atoms with van der Waals surface area (Å²) in [5.74, 6) is -2.68. The van der Waals surface area contributed by atoms with Gasteiger partial charge < -0.3 is 16.0 Å². The van der Waals surface area contributed by atoms with Crippen LogP contribution in [0.5, 0.6) is 0 Å². The molecule has 0 fully saturated rings. The maximum atomic E-state index is 14.6. The molecule has 0 spiro atoms. The molecular weight excluding hydrogens is 665 g/mol. The molecule has 0 heterocycles. The summed E-state index contributed by atoms with van der Waals surface area (Å²) in [7, 11) is 0. The Morgan fingerprint density at radius 1 is 0.870 bits per heavy atom. The largest absolute Gasteiger partial charge is 0.416 e. The Kier molecular flexibility index (Phi) is 11.5. The lowest BCUT2D eigenvalue weighted by Crippen LogP contribution is -2.30. The van der Waals surface area contributed by atoms with E-state index in [1.807, 2.05) is 0 Å². The van der Waals surface area contributed by atoms with E-state index in [1.165, 1.54) is 12.1 Å². The number of thioether (sulfide) groups is 1. The number of nitrogens with one attached hydrogen (secondary N) is 3. The molecule has 1 atom stereocenters. The molecule has 6 nitrogen and oxygen atoms in total. The molecule has 4 aromatic carbocycles. The van der Waals surface area contributed by atoms with Gasteiger partial charge in [0.2, 0.25) is 5.91 Å². The zero-order valence-electron chi connectivity index (χ0n) is 23.9. The molecule has 0 aliphatic carbocycles. The van der Waals surface area contributed by atoms with Crippen LogP contribution in [-0.4, -0.2) is 23.0 Å². The van der Waals surface area contributed by atoms with Crippen LogP contribution in [0.15, 0.2) is 102 Å². The van der Waals surface area contributed by atoms with E-state index in [4.69, 9.17) is 23.2 Å². The quantitative estimate of drug-likeness (QED) is 0.0881. The number of anilines is 2. The van der Waals surface area contributed by atoms with E-state index in [1.54, 1.807) is 61.5 Å². The third-order valence-electron chi connectivity index (χ3n) is 6.40. The van der Waals surface area contributed by atoms with Crippen LogP contribution in [0.2, 0.25) is 10.0 Å². The smallest absolute Gasteiger partial charge is 0.324 e. The van der Waals surface area contributed by atoms with Crippen molar-refractivity contribution in [2.45, 2.75) is 29.7 Å². The van der Waals surface area contributed by atoms with Crippen LogP contribution in [0.1, 0.15) is 34.8 Å². The van der Waals surface area contributed by atoms with E-state index in [0.29, 0.717) is 11.3 Å². The van der Waals surface area contributed by atoms with E-state index in [-0.39, 0.29) is 38.2 Å². The van der Waals surface area contributed by atoms with Gasteiger partial charge in [0.25, 0.3) is 11.8 Å². The summed E-state index contributed by atoms with van der Waals surface area (Å²) in [5.41, 5.74) is -0.983. The van der Waals surface area contributed by atoms with Crippen molar-refractivity contribution < 1.29 is 31.9 Å². The molecule has 238 valence electrons. The highest BCUT2D eigenvalue weighted by Gasteiger charge is 2.31. The highest BCUT2D eigenvalue weighted by atomic mass is 35.5. The van der Waals surface area contributed by atoms with E-state index in [0.717, 1.165) is 42.1 Å². The minimum absolute atomic E-state index is 0.0213. The molecule has 0 bridgehead atoms. The van der Waals surface area contributed by atoms with Gasteiger partial charge in [-0.3, -0.25) is 14.4 Å². The van der Waals surface area contributed by atoms with Crippen LogP contribution >= 0.6 is 35.0 Å². The summed E-state index contributed by atoms with van der Waals surface area (Å²) in [5, 5.41) is 6.88. The van der Waals surface area contributed by atoms with Crippen LogP contribution in [0.4, 0.5) is 28.9 Å². The second-order valence-corrected chi connectivity index (χ2v) is 11.8. The Hall–Kier alpha value is -4.32. The molecule has 4 aromatic rings. The third-order valence-corrected chi connectivity index (χ3v) is 8.42. The first kappa shape index (κ1) is 34.6. The van der Waals surface area contributed by atoms with Crippen molar-refractivity contribution in [1.82, 2.24) is 5.32 Å². The molecule has 4 rings (SSSR count). The van der Waals surface area contributed by atoms with Crippen molar-refractivity contribution >= 4 is 70.1 Å². The fourth-order valence-corrected chi connectivity index (χ4v) is 5.47. The number of alkyl halides is 3. The van der Waals surface area contributed by atoms with Crippen molar-refractivity contribution in [2.75, 3.05) is 10.6 Å². The molecule has 0 aliphatic rings. The van der Waals surface area contributed by atoms with Gasteiger partial charge in [0.1, 0.15) is 11.5 Å². The van der Waals surface area contributed by atoms with Gasteiger partial charge >= 0.3 is 6.18 Å². The minimum atomic E-state index is -4.62. The first-order chi connectivity index (χ1) is 21.8. The van der Waals surface area contributed by atoms with Gasteiger partial charge in [0.15, 0.2) is 0 Å². The average molecular weight is 691 g/mol. The summed E-state index contributed by atoms with van der Waals surface area (Å²) < 4.78 is 54.1. The normalized spacial score (nSPS) is 12.3. The van der Waals surface area contributed by atoms with Gasteiger partial charge in [0, 0.05) is 21.7 Å². The maximum absolute atomic E-state index is 14.6. The lowest BCUT2D eigenvalue weighted by molar-refractivity contribution is -0.137. The zero-order chi connectivity index (χ0) is 33.4. The standard InChI is InChI=1S/C33H25Cl2F4N3O3S/c1-2-29(32(45)41-27-16-20(33(37,38)39)14-15-25(27)35)46-22-11-6-10-21(17-22)40-31(44)28(18-23-24(34)12-7-13-26(23)36)42-30(43)19-8-4-3-5-9-19/h3-18,29H,2H2,1H3,(H,40,44)(H,41,45)(H,42,43)/b28-18+. The van der Waals surface area contributed by atoms with E-state index in [9.17, 15) is 31.9 Å². The summed E-state index contributed by atoms with van der Waals surface area (Å²) in [4.78, 5) is 39.9. The summed E-state index contributed by atoms with van der Waals surface area (Å²) >= 11 is 13.3. The molecule has 13 heteroatoms. The molecule has 46 heavy (non-hydrogen) atoms. The van der Waals surface area contributed by atoms with Gasteiger partial charge in [-0.1, -0.05) is 60.5 Å². The number of rotatable bonds is 10. The van der Waals surface area contributed by atoms with Crippen molar-refractivity contribution in [3.63, 3.8) is 0 Å². The lowest BCUT2D eigenvalue weighted by Gasteiger charge is -2.17. The van der Waals surface area contributed by atoms with Crippen molar-refractivity contribution in [3.8, 4) is 0 Å². The topological polar surface area (TPSA) is 87.3 Å². The van der Waals surface area contributed by atoms with Gasteiger partial charge in [-0.15, -0.1) is 11.8 Å². The van der Waals surface area contributed by atoms with Crippen molar-refractivity contribution in [1.29, 1.82) is 0 Å². The SMILES string of the molecule is CCC(Sc1cccc(NC(=O)/C(=C\c2c(F)cccc2Cl)NC(=O)c2ccccc2)c1)C(=O)Nc1cc(C(F)(F)F)ccc1Cl. The fraction of sp³-hybridized carbons (Fsp3) is 0.121.